The summed E-state index contributed by atoms with van der Waals surface area (Å²) in [5, 5.41) is 17.3. The van der Waals surface area contributed by atoms with Crippen LogP contribution < -0.4 is 4.72 Å². The molecule has 0 bridgehead atoms. The summed E-state index contributed by atoms with van der Waals surface area (Å²) < 4.78 is 32.3. The third kappa shape index (κ3) is 7.14. The molecule has 0 spiro atoms. The Kier molecular flexibility index (Phi) is 8.55. The molecule has 0 saturated heterocycles. The number of carbonyl (C=O) groups excluding carboxylic acids is 2. The highest BCUT2D eigenvalue weighted by molar-refractivity contribution is 7.92. The minimum Gasteiger partial charge on any atom is -0.452 e. The second kappa shape index (κ2) is 11.3. The lowest BCUT2D eigenvalue weighted by Gasteiger charge is -2.20. The molecule has 0 atom stereocenters. The van der Waals surface area contributed by atoms with E-state index in [1.54, 1.807) is 30.3 Å². The average molecular weight is 440 g/mol. The van der Waals surface area contributed by atoms with Crippen molar-refractivity contribution in [3.63, 3.8) is 0 Å². The van der Waals surface area contributed by atoms with E-state index < -0.39 is 28.5 Å². The number of nitrogens with zero attached hydrogens (tertiary/aromatic N) is 3. The van der Waals surface area contributed by atoms with Gasteiger partial charge < -0.3 is 9.64 Å². The Morgan fingerprint density at radius 3 is 2.06 bits per heavy atom. The second-order valence-corrected chi connectivity index (χ2v) is 7.95. The first kappa shape index (κ1) is 23.4. The number of esters is 1. The summed E-state index contributed by atoms with van der Waals surface area (Å²) in [5.41, 5.74) is 0.480. The van der Waals surface area contributed by atoms with Crippen LogP contribution in [0.25, 0.3) is 0 Å². The monoisotopic (exact) mass is 440 g/mol. The summed E-state index contributed by atoms with van der Waals surface area (Å²) >= 11 is 0. The molecule has 2 aromatic rings. The number of rotatable bonds is 10. The predicted octanol–water partition coefficient (Wildman–Crippen LogP) is 2.30. The largest absolute Gasteiger partial charge is 0.452 e. The molecule has 0 saturated carbocycles. The van der Waals surface area contributed by atoms with Crippen LogP contribution in [0, 0.1) is 22.7 Å². The van der Waals surface area contributed by atoms with Crippen molar-refractivity contribution in [1.82, 2.24) is 4.90 Å². The minimum atomic E-state index is -3.83. The third-order valence-electron chi connectivity index (χ3n) is 4.09. The van der Waals surface area contributed by atoms with Crippen LogP contribution in [0.5, 0.6) is 0 Å². The molecule has 160 valence electrons. The van der Waals surface area contributed by atoms with Gasteiger partial charge in [0.05, 0.1) is 35.4 Å². The molecule has 0 heterocycles. The first-order chi connectivity index (χ1) is 14.9. The van der Waals surface area contributed by atoms with Gasteiger partial charge in [0.15, 0.2) is 6.61 Å². The summed E-state index contributed by atoms with van der Waals surface area (Å²) in [6.45, 7) is -0.281. The molecule has 0 aromatic heterocycles. The Labute approximate surface area is 180 Å². The van der Waals surface area contributed by atoms with Gasteiger partial charge in [0.1, 0.15) is 0 Å². The lowest BCUT2D eigenvalue weighted by Crippen LogP contribution is -2.36. The van der Waals surface area contributed by atoms with Crippen molar-refractivity contribution >= 4 is 27.6 Å². The van der Waals surface area contributed by atoms with Gasteiger partial charge in [-0.25, -0.2) is 13.2 Å². The van der Waals surface area contributed by atoms with E-state index in [2.05, 4.69) is 4.72 Å². The van der Waals surface area contributed by atoms with E-state index in [1.807, 2.05) is 12.1 Å². The number of carbonyl (C=O) groups is 2. The predicted molar refractivity (Wildman–Crippen MR) is 111 cm³/mol. The van der Waals surface area contributed by atoms with Crippen LogP contribution in [0.4, 0.5) is 5.69 Å². The fourth-order valence-electron chi connectivity index (χ4n) is 2.52. The highest BCUT2D eigenvalue weighted by atomic mass is 32.2. The zero-order valence-corrected chi connectivity index (χ0v) is 17.3. The second-order valence-electron chi connectivity index (χ2n) is 6.27. The number of ether oxygens (including phenoxy) is 1. The molecule has 1 amide bonds. The first-order valence-electron chi connectivity index (χ1n) is 9.24. The fraction of sp³-hybridized carbons (Fsp3) is 0.238. The summed E-state index contributed by atoms with van der Waals surface area (Å²) in [4.78, 5) is 25.6. The number of hydrogen-bond donors (Lipinski definition) is 1. The number of para-hydroxylation sites is 1. The zero-order valence-electron chi connectivity index (χ0n) is 16.5. The van der Waals surface area contributed by atoms with E-state index in [0.29, 0.717) is 5.69 Å². The van der Waals surface area contributed by atoms with Crippen molar-refractivity contribution in [3.05, 3.63) is 60.2 Å². The van der Waals surface area contributed by atoms with Gasteiger partial charge in [-0.1, -0.05) is 18.2 Å². The maximum atomic E-state index is 12.4. The molecule has 0 aliphatic heterocycles. The Balaban J connectivity index is 1.97. The molecular formula is C21H20N4O5S. The summed E-state index contributed by atoms with van der Waals surface area (Å²) in [6.07, 6.45) is 0.191. The Morgan fingerprint density at radius 1 is 0.935 bits per heavy atom. The Morgan fingerprint density at radius 2 is 1.52 bits per heavy atom. The van der Waals surface area contributed by atoms with Crippen LogP contribution in [0.1, 0.15) is 23.2 Å². The number of anilines is 1. The Hall–Kier alpha value is -3.89. The molecule has 1 N–H and O–H groups in total. The molecule has 0 aliphatic carbocycles. The number of sulfonamides is 1. The van der Waals surface area contributed by atoms with Gasteiger partial charge in [-0.15, -0.1) is 0 Å². The summed E-state index contributed by atoms with van der Waals surface area (Å²) in [6, 6.07) is 17.3. The van der Waals surface area contributed by atoms with Crippen LogP contribution in [-0.4, -0.2) is 44.9 Å². The number of amides is 1. The highest BCUT2D eigenvalue weighted by Gasteiger charge is 2.18. The van der Waals surface area contributed by atoms with E-state index in [1.165, 1.54) is 29.2 Å². The molecular weight excluding hydrogens is 420 g/mol. The molecule has 0 unspecified atom stereocenters. The van der Waals surface area contributed by atoms with Crippen molar-refractivity contribution in [2.24, 2.45) is 0 Å². The molecule has 0 fully saturated rings. The van der Waals surface area contributed by atoms with Gasteiger partial charge >= 0.3 is 5.97 Å². The van der Waals surface area contributed by atoms with Gasteiger partial charge in [0, 0.05) is 18.8 Å². The van der Waals surface area contributed by atoms with Crippen LogP contribution in [0.2, 0.25) is 0 Å². The van der Waals surface area contributed by atoms with Crippen molar-refractivity contribution in [1.29, 1.82) is 10.5 Å². The maximum absolute atomic E-state index is 12.4. The van der Waals surface area contributed by atoms with Crippen LogP contribution in [-0.2, 0) is 19.6 Å². The molecule has 0 aliphatic rings. The van der Waals surface area contributed by atoms with Gasteiger partial charge in [0.25, 0.3) is 15.9 Å². The van der Waals surface area contributed by atoms with Crippen molar-refractivity contribution in [2.45, 2.75) is 17.7 Å². The SMILES string of the molecule is N#CCCN(CCC#N)C(=O)COC(=O)c1ccc(S(=O)(=O)Nc2ccccc2)cc1. The van der Waals surface area contributed by atoms with E-state index >= 15 is 0 Å². The van der Waals surface area contributed by atoms with Crippen molar-refractivity contribution in [3.8, 4) is 12.1 Å². The molecule has 10 heteroatoms. The third-order valence-corrected chi connectivity index (χ3v) is 5.49. The zero-order chi connectivity index (χ0) is 22.7. The maximum Gasteiger partial charge on any atom is 0.338 e. The van der Waals surface area contributed by atoms with E-state index in [9.17, 15) is 18.0 Å². The van der Waals surface area contributed by atoms with E-state index in [4.69, 9.17) is 15.3 Å². The van der Waals surface area contributed by atoms with Gasteiger partial charge in [-0.2, -0.15) is 10.5 Å². The van der Waals surface area contributed by atoms with Crippen molar-refractivity contribution < 1.29 is 22.7 Å². The van der Waals surface area contributed by atoms with Gasteiger partial charge in [0.2, 0.25) is 0 Å². The molecule has 2 aromatic carbocycles. The number of benzene rings is 2. The quantitative estimate of drug-likeness (QED) is 0.559. The van der Waals surface area contributed by atoms with Crippen LogP contribution in [0.15, 0.2) is 59.5 Å². The number of nitrogens with one attached hydrogen (secondary N) is 1. The topological polar surface area (TPSA) is 140 Å². The summed E-state index contributed by atoms with van der Waals surface area (Å²) in [7, 11) is -3.83. The molecule has 2 rings (SSSR count). The molecule has 31 heavy (non-hydrogen) atoms. The van der Waals surface area contributed by atoms with Gasteiger partial charge in [-0.3, -0.25) is 9.52 Å². The van der Waals surface area contributed by atoms with Crippen LogP contribution >= 0.6 is 0 Å². The highest BCUT2D eigenvalue weighted by Crippen LogP contribution is 2.16. The molecule has 9 nitrogen and oxygen atoms in total. The lowest BCUT2D eigenvalue weighted by atomic mass is 10.2. The van der Waals surface area contributed by atoms with E-state index in [0.717, 1.165) is 0 Å². The average Bonchev–Trinajstić information content (AvgIpc) is 2.78. The minimum absolute atomic E-state index is 0.0387. The normalized spacial score (nSPS) is 10.4. The van der Waals surface area contributed by atoms with Crippen molar-refractivity contribution in [2.75, 3.05) is 24.4 Å². The van der Waals surface area contributed by atoms with E-state index in [-0.39, 0.29) is 36.4 Å². The summed E-state index contributed by atoms with van der Waals surface area (Å²) in [5.74, 6) is -1.32. The number of hydrogen-bond acceptors (Lipinski definition) is 7. The fourth-order valence-corrected chi connectivity index (χ4v) is 3.58. The lowest BCUT2D eigenvalue weighted by molar-refractivity contribution is -0.134. The smallest absolute Gasteiger partial charge is 0.338 e. The first-order valence-corrected chi connectivity index (χ1v) is 10.7. The standard InChI is InChI=1S/C21H20N4O5S/c22-12-4-14-25(15-5-13-23)20(26)16-30-21(27)17-8-10-19(11-9-17)31(28,29)24-18-6-2-1-3-7-18/h1-3,6-11,24H,4-5,14-16H2. The van der Waals surface area contributed by atoms with Gasteiger partial charge in [-0.05, 0) is 36.4 Å². The Bertz CT molecular complexity index is 1070. The number of nitriles is 2. The molecule has 0 radical (unpaired) electrons. The van der Waals surface area contributed by atoms with Crippen LogP contribution in [0.3, 0.4) is 0 Å².